The van der Waals surface area contributed by atoms with Crippen molar-refractivity contribution in [3.8, 4) is 0 Å². The van der Waals surface area contributed by atoms with Crippen LogP contribution in [0.1, 0.15) is 5.56 Å². The summed E-state index contributed by atoms with van der Waals surface area (Å²) in [4.78, 5) is 0. The lowest BCUT2D eigenvalue weighted by atomic mass is 10.2. The monoisotopic (exact) mass is 169 g/mol. The average molecular weight is 169 g/mol. The first-order valence-electron chi connectivity index (χ1n) is 4.35. The molecular weight excluding hydrogens is 158 g/mol. The maximum Gasteiger partial charge on any atom is 0.174 e. The molecule has 0 spiro atoms. The van der Waals surface area contributed by atoms with Crippen molar-refractivity contribution >= 4 is 0 Å². The second-order valence-electron chi connectivity index (χ2n) is 2.94. The van der Waals surface area contributed by atoms with E-state index in [0.717, 1.165) is 6.54 Å². The minimum atomic E-state index is 0.891. The van der Waals surface area contributed by atoms with Crippen LogP contribution in [0.2, 0.25) is 0 Å². The van der Waals surface area contributed by atoms with Crippen molar-refractivity contribution < 1.29 is 4.57 Å². The van der Waals surface area contributed by atoms with Crippen molar-refractivity contribution in [1.29, 1.82) is 0 Å². The first kappa shape index (κ1) is 7.99. The zero-order chi connectivity index (χ0) is 8.93. The molecule has 1 heteroatoms. The molecule has 0 atom stereocenters. The Morgan fingerprint density at radius 1 is 1.00 bits per heavy atom. The summed E-state index contributed by atoms with van der Waals surface area (Å²) < 4.78 is 2.13. The molecule has 0 saturated heterocycles. The van der Waals surface area contributed by atoms with E-state index in [2.05, 4.69) is 29.1 Å². The van der Waals surface area contributed by atoms with Crippen LogP contribution in [0, 0.1) is 6.07 Å². The van der Waals surface area contributed by atoms with Crippen LogP contribution in [-0.2, 0) is 6.54 Å². The van der Waals surface area contributed by atoms with Gasteiger partial charge in [0.1, 0.15) is 0 Å². The first-order chi connectivity index (χ1) is 6.45. The molecule has 0 fully saturated rings. The van der Waals surface area contributed by atoms with Gasteiger partial charge in [-0.05, 0) is 6.07 Å². The summed E-state index contributed by atoms with van der Waals surface area (Å²) in [5.74, 6) is 0. The van der Waals surface area contributed by atoms with Gasteiger partial charge >= 0.3 is 0 Å². The number of hydrogen-bond donors (Lipinski definition) is 0. The number of hydrogen-bond acceptors (Lipinski definition) is 0. The third-order valence-corrected chi connectivity index (χ3v) is 1.90. The van der Waals surface area contributed by atoms with Crippen molar-refractivity contribution in [2.45, 2.75) is 6.54 Å². The molecule has 0 N–H and O–H groups in total. The summed E-state index contributed by atoms with van der Waals surface area (Å²) >= 11 is 0. The molecule has 63 valence electrons. The number of benzene rings is 1. The van der Waals surface area contributed by atoms with Gasteiger partial charge in [0, 0.05) is 17.7 Å². The van der Waals surface area contributed by atoms with E-state index in [1.54, 1.807) is 0 Å². The summed E-state index contributed by atoms with van der Waals surface area (Å²) in [6.45, 7) is 0.891. The fourth-order valence-corrected chi connectivity index (χ4v) is 1.27. The Morgan fingerprint density at radius 2 is 1.85 bits per heavy atom. The number of aromatic nitrogens is 1. The normalized spacial score (nSPS) is 9.85. The van der Waals surface area contributed by atoms with Gasteiger partial charge in [0.05, 0.1) is 0 Å². The van der Waals surface area contributed by atoms with Crippen molar-refractivity contribution in [3.05, 3.63) is 66.5 Å². The zero-order valence-corrected chi connectivity index (χ0v) is 7.35. The van der Waals surface area contributed by atoms with Crippen molar-refractivity contribution in [2.75, 3.05) is 0 Å². The Balaban J connectivity index is 2.16. The van der Waals surface area contributed by atoms with Gasteiger partial charge in [0.25, 0.3) is 0 Å². The van der Waals surface area contributed by atoms with E-state index in [1.165, 1.54) is 5.56 Å². The fourth-order valence-electron chi connectivity index (χ4n) is 1.27. The van der Waals surface area contributed by atoms with Crippen LogP contribution in [-0.4, -0.2) is 0 Å². The molecule has 1 nitrogen and oxygen atoms in total. The molecule has 0 bridgehead atoms. The van der Waals surface area contributed by atoms with Gasteiger partial charge in [-0.3, -0.25) is 0 Å². The highest BCUT2D eigenvalue weighted by Crippen LogP contribution is 1.95. The fraction of sp³-hybridized carbons (Fsp3) is 0.0833. The maximum atomic E-state index is 3.20. The van der Waals surface area contributed by atoms with E-state index < -0.39 is 0 Å². The predicted octanol–water partition coefficient (Wildman–Crippen LogP) is 1.82. The lowest BCUT2D eigenvalue weighted by Crippen LogP contribution is -2.32. The molecule has 1 radical (unpaired) electrons. The topological polar surface area (TPSA) is 3.88 Å². The lowest BCUT2D eigenvalue weighted by Gasteiger charge is -1.95. The van der Waals surface area contributed by atoms with Gasteiger partial charge in [-0.15, -0.1) is 0 Å². The second-order valence-corrected chi connectivity index (χ2v) is 2.94. The Morgan fingerprint density at radius 3 is 2.54 bits per heavy atom. The van der Waals surface area contributed by atoms with Crippen LogP contribution in [0.4, 0.5) is 0 Å². The maximum absolute atomic E-state index is 3.20. The highest BCUT2D eigenvalue weighted by molar-refractivity contribution is 5.11. The molecule has 0 aliphatic heterocycles. The van der Waals surface area contributed by atoms with Crippen molar-refractivity contribution in [3.63, 3.8) is 0 Å². The van der Waals surface area contributed by atoms with Crippen LogP contribution >= 0.6 is 0 Å². The standard InChI is InChI=1S/C12H11N/c1-3-7-12(8-4-1)11-13-9-5-2-6-10-13/h1-7,9-10H,11H2/q+1. The van der Waals surface area contributed by atoms with E-state index in [1.807, 2.05) is 36.4 Å². The summed E-state index contributed by atoms with van der Waals surface area (Å²) in [6, 6.07) is 17.3. The first-order valence-corrected chi connectivity index (χ1v) is 4.35. The van der Waals surface area contributed by atoms with Gasteiger partial charge in [-0.25, -0.2) is 4.57 Å². The molecular formula is C12H11N+. The summed E-state index contributed by atoms with van der Waals surface area (Å²) in [5, 5.41) is 0. The third kappa shape index (κ3) is 2.15. The smallest absolute Gasteiger partial charge is 0.174 e. The Kier molecular flexibility index (Phi) is 2.37. The number of rotatable bonds is 2. The Labute approximate surface area is 78.3 Å². The summed E-state index contributed by atoms with van der Waals surface area (Å²) in [7, 11) is 0. The molecule has 2 rings (SSSR count). The van der Waals surface area contributed by atoms with Gasteiger partial charge in [-0.2, -0.15) is 0 Å². The van der Waals surface area contributed by atoms with Gasteiger partial charge in [0.2, 0.25) is 0 Å². The molecule has 1 aromatic heterocycles. The Hall–Kier alpha value is -1.63. The highest BCUT2D eigenvalue weighted by atomic mass is 14.9. The van der Waals surface area contributed by atoms with Crippen molar-refractivity contribution in [2.24, 2.45) is 0 Å². The van der Waals surface area contributed by atoms with Gasteiger partial charge < -0.3 is 0 Å². The third-order valence-electron chi connectivity index (χ3n) is 1.90. The Bertz CT molecular complexity index is 316. The number of pyridine rings is 1. The minimum Gasteiger partial charge on any atom is -0.201 e. The molecule has 1 heterocycles. The van der Waals surface area contributed by atoms with E-state index in [4.69, 9.17) is 0 Å². The molecule has 0 aliphatic carbocycles. The van der Waals surface area contributed by atoms with E-state index in [9.17, 15) is 0 Å². The van der Waals surface area contributed by atoms with Crippen molar-refractivity contribution in [1.82, 2.24) is 0 Å². The summed E-state index contributed by atoms with van der Waals surface area (Å²) in [5.41, 5.74) is 1.21. The van der Waals surface area contributed by atoms with Crippen LogP contribution < -0.4 is 4.57 Å². The lowest BCUT2D eigenvalue weighted by molar-refractivity contribution is -0.688. The molecule has 0 aliphatic rings. The highest BCUT2D eigenvalue weighted by Gasteiger charge is 1.98. The van der Waals surface area contributed by atoms with Crippen LogP contribution in [0.15, 0.2) is 54.9 Å². The predicted molar refractivity (Wildman–Crippen MR) is 51.0 cm³/mol. The second kappa shape index (κ2) is 3.85. The summed E-state index contributed by atoms with van der Waals surface area (Å²) in [6.07, 6.45) is 4.11. The quantitative estimate of drug-likeness (QED) is 0.604. The molecule has 1 aromatic carbocycles. The molecule has 0 unspecified atom stereocenters. The molecule has 0 amide bonds. The number of nitrogens with zero attached hydrogens (tertiary/aromatic N) is 1. The van der Waals surface area contributed by atoms with Gasteiger partial charge in [0.15, 0.2) is 18.9 Å². The van der Waals surface area contributed by atoms with E-state index in [0.29, 0.717) is 0 Å². The molecule has 13 heavy (non-hydrogen) atoms. The largest absolute Gasteiger partial charge is 0.201 e. The SMILES string of the molecule is [c]1ccccc1C[n+]1ccccc1. The molecule has 0 saturated carbocycles. The van der Waals surface area contributed by atoms with Crippen LogP contribution in [0.25, 0.3) is 0 Å². The minimum absolute atomic E-state index is 0.891. The zero-order valence-electron chi connectivity index (χ0n) is 7.35. The molecule has 2 aromatic rings. The average Bonchev–Trinajstić information content (AvgIpc) is 2.21. The van der Waals surface area contributed by atoms with E-state index >= 15 is 0 Å². The van der Waals surface area contributed by atoms with Crippen LogP contribution in [0.3, 0.4) is 0 Å². The van der Waals surface area contributed by atoms with Gasteiger partial charge in [-0.1, -0.05) is 30.3 Å². The van der Waals surface area contributed by atoms with Crippen LogP contribution in [0.5, 0.6) is 0 Å². The van der Waals surface area contributed by atoms with E-state index in [-0.39, 0.29) is 0 Å².